The Balaban J connectivity index is 1.56. The van der Waals surface area contributed by atoms with E-state index >= 15 is 0 Å². The summed E-state index contributed by atoms with van der Waals surface area (Å²) in [6.07, 6.45) is -0.616. The molecule has 0 aliphatic heterocycles. The summed E-state index contributed by atoms with van der Waals surface area (Å²) < 4.78 is 17.9. The Bertz CT molecular complexity index is 1270. The second kappa shape index (κ2) is 10.3. The highest BCUT2D eigenvalue weighted by molar-refractivity contribution is 5.89. The van der Waals surface area contributed by atoms with Gasteiger partial charge in [0, 0.05) is 13.3 Å². The molecule has 0 saturated heterocycles. The molecular weight excluding hydrogens is 436 g/mol. The molecule has 4 rings (SSSR count). The van der Waals surface area contributed by atoms with E-state index in [9.17, 15) is 9.90 Å². The van der Waals surface area contributed by atoms with Gasteiger partial charge in [-0.05, 0) is 43.7 Å². The van der Waals surface area contributed by atoms with E-state index in [-0.39, 0.29) is 18.0 Å². The van der Waals surface area contributed by atoms with E-state index in [4.69, 9.17) is 13.9 Å². The van der Waals surface area contributed by atoms with Crippen LogP contribution in [0.4, 0.5) is 0 Å². The van der Waals surface area contributed by atoms with Gasteiger partial charge in [0.1, 0.15) is 23.3 Å². The molecule has 4 aromatic rings. The van der Waals surface area contributed by atoms with E-state index in [0.717, 1.165) is 11.5 Å². The van der Waals surface area contributed by atoms with Crippen molar-refractivity contribution in [3.05, 3.63) is 88.9 Å². The Morgan fingerprint density at radius 2 is 1.94 bits per heavy atom. The number of aromatic nitrogens is 4. The minimum Gasteiger partial charge on any atom is -0.493 e. The van der Waals surface area contributed by atoms with Gasteiger partial charge in [0.2, 0.25) is 0 Å². The lowest BCUT2D eigenvalue weighted by atomic mass is 10.0. The molecule has 1 N–H and O–H groups in total. The Hall–Kier alpha value is -3.98. The number of carbonyl (C=O) groups is 1. The molecule has 0 bridgehead atoms. The summed E-state index contributed by atoms with van der Waals surface area (Å²) in [7, 11) is 0. The molecule has 2 heterocycles. The number of carbonyl (C=O) groups excluding carboxylic acids is 1. The van der Waals surface area contributed by atoms with Crippen molar-refractivity contribution >= 4 is 5.97 Å². The lowest BCUT2D eigenvalue weighted by Gasteiger charge is -2.13. The van der Waals surface area contributed by atoms with Crippen LogP contribution in [0.3, 0.4) is 0 Å². The first-order valence-corrected chi connectivity index (χ1v) is 11.0. The first kappa shape index (κ1) is 23.2. The molecule has 34 heavy (non-hydrogen) atoms. The largest absolute Gasteiger partial charge is 0.493 e. The highest BCUT2D eigenvalue weighted by atomic mass is 16.5. The van der Waals surface area contributed by atoms with Gasteiger partial charge in [-0.3, -0.25) is 0 Å². The lowest BCUT2D eigenvalue weighted by molar-refractivity contribution is 0.0510. The molecule has 0 saturated carbocycles. The van der Waals surface area contributed by atoms with Crippen LogP contribution in [0.2, 0.25) is 0 Å². The molecule has 0 amide bonds. The number of oxazole rings is 1. The fourth-order valence-corrected chi connectivity index (χ4v) is 3.62. The van der Waals surface area contributed by atoms with Crippen LogP contribution in [0, 0.1) is 13.8 Å². The lowest BCUT2D eigenvalue weighted by Crippen LogP contribution is -2.16. The van der Waals surface area contributed by atoms with Gasteiger partial charge in [-0.25, -0.2) is 14.5 Å². The van der Waals surface area contributed by atoms with Gasteiger partial charge < -0.3 is 19.0 Å². The number of benzene rings is 2. The van der Waals surface area contributed by atoms with Crippen molar-refractivity contribution < 1.29 is 23.8 Å². The monoisotopic (exact) mass is 462 g/mol. The number of aliphatic hydroxyl groups is 1. The van der Waals surface area contributed by atoms with Crippen LogP contribution < -0.4 is 4.74 Å². The first-order valence-electron chi connectivity index (χ1n) is 11.0. The quantitative estimate of drug-likeness (QED) is 0.374. The van der Waals surface area contributed by atoms with Crippen molar-refractivity contribution in [3.63, 3.8) is 0 Å². The number of hydrogen-bond acceptors (Lipinski definition) is 8. The van der Waals surface area contributed by atoms with Gasteiger partial charge in [0.05, 0.1) is 24.6 Å². The Morgan fingerprint density at radius 1 is 1.15 bits per heavy atom. The van der Waals surface area contributed by atoms with Crippen LogP contribution in [0.5, 0.6) is 5.75 Å². The van der Waals surface area contributed by atoms with E-state index in [1.807, 2.05) is 25.1 Å². The fraction of sp³-hybridized carbons (Fsp3) is 0.280. The van der Waals surface area contributed by atoms with Crippen LogP contribution in [0.1, 0.15) is 52.1 Å². The van der Waals surface area contributed by atoms with Crippen LogP contribution >= 0.6 is 0 Å². The summed E-state index contributed by atoms with van der Waals surface area (Å²) in [6.45, 7) is 5.97. The number of aliphatic hydroxyl groups excluding tert-OH is 1. The molecular formula is C25H26N4O5. The minimum atomic E-state index is -1.21. The summed E-state index contributed by atoms with van der Waals surface area (Å²) in [4.78, 5) is 17.1. The molecule has 0 spiro atoms. The Kier molecular flexibility index (Phi) is 7.03. The summed E-state index contributed by atoms with van der Waals surface area (Å²) >= 11 is 0. The summed E-state index contributed by atoms with van der Waals surface area (Å²) in [5.41, 5.74) is 2.17. The molecule has 0 aliphatic carbocycles. The average molecular weight is 463 g/mol. The van der Waals surface area contributed by atoms with Crippen molar-refractivity contribution in [2.75, 3.05) is 13.2 Å². The van der Waals surface area contributed by atoms with Gasteiger partial charge in [-0.2, -0.15) is 0 Å². The van der Waals surface area contributed by atoms with Crippen molar-refractivity contribution in [2.45, 2.75) is 33.3 Å². The summed E-state index contributed by atoms with van der Waals surface area (Å²) in [5, 5.41) is 19.3. The zero-order valence-corrected chi connectivity index (χ0v) is 19.3. The van der Waals surface area contributed by atoms with E-state index in [2.05, 4.69) is 15.3 Å². The number of ether oxygens (including phenoxy) is 2. The number of aryl methyl sites for hydroxylation is 2. The standard InChI is InChI=1S/C25H26N4O5/c1-4-32-25(31)23-22(27-28-29(23)19-10-6-5-7-11-19)24(30)18-9-8-12-20(15-18)33-14-13-21-16(2)34-17(3)26-21/h5-12,15,24,30H,4,13-14H2,1-3H3. The molecule has 176 valence electrons. The smallest absolute Gasteiger partial charge is 0.359 e. The third-order valence-corrected chi connectivity index (χ3v) is 5.21. The summed E-state index contributed by atoms with van der Waals surface area (Å²) in [5.74, 6) is 1.36. The molecule has 9 heteroatoms. The van der Waals surface area contributed by atoms with Gasteiger partial charge >= 0.3 is 5.97 Å². The fourth-order valence-electron chi connectivity index (χ4n) is 3.62. The molecule has 0 fully saturated rings. The molecule has 0 aliphatic rings. The number of para-hydroxylation sites is 1. The molecule has 2 aromatic carbocycles. The minimum absolute atomic E-state index is 0.0729. The van der Waals surface area contributed by atoms with Gasteiger partial charge in [0.15, 0.2) is 11.6 Å². The van der Waals surface area contributed by atoms with Gasteiger partial charge in [0.25, 0.3) is 0 Å². The van der Waals surface area contributed by atoms with Gasteiger partial charge in [-0.1, -0.05) is 35.5 Å². The zero-order valence-electron chi connectivity index (χ0n) is 19.3. The van der Waals surface area contributed by atoms with E-state index < -0.39 is 12.1 Å². The second-order valence-electron chi connectivity index (χ2n) is 7.60. The van der Waals surface area contributed by atoms with Crippen LogP contribution in [0.25, 0.3) is 5.69 Å². The molecule has 1 atom stereocenters. The average Bonchev–Trinajstić information content (AvgIpc) is 3.42. The van der Waals surface area contributed by atoms with Gasteiger partial charge in [-0.15, -0.1) is 5.10 Å². The number of nitrogens with zero attached hydrogens (tertiary/aromatic N) is 4. The maximum atomic E-state index is 12.8. The predicted molar refractivity (Wildman–Crippen MR) is 123 cm³/mol. The zero-order chi connectivity index (χ0) is 24.1. The number of esters is 1. The van der Waals surface area contributed by atoms with E-state index in [1.54, 1.807) is 50.2 Å². The SMILES string of the molecule is CCOC(=O)c1c(C(O)c2cccc(OCCc3nc(C)oc3C)c2)nnn1-c1ccccc1. The highest BCUT2D eigenvalue weighted by Crippen LogP contribution is 2.28. The van der Waals surface area contributed by atoms with Crippen molar-refractivity contribution in [1.82, 2.24) is 20.0 Å². The topological polar surface area (TPSA) is 112 Å². The number of hydrogen-bond donors (Lipinski definition) is 1. The first-order chi connectivity index (χ1) is 16.5. The van der Waals surface area contributed by atoms with Crippen molar-refractivity contribution in [1.29, 1.82) is 0 Å². The van der Waals surface area contributed by atoms with Crippen molar-refractivity contribution in [3.8, 4) is 11.4 Å². The number of rotatable bonds is 9. The van der Waals surface area contributed by atoms with Crippen LogP contribution in [-0.4, -0.2) is 44.3 Å². The predicted octanol–water partition coefficient (Wildman–Crippen LogP) is 3.75. The van der Waals surface area contributed by atoms with Crippen molar-refractivity contribution in [2.24, 2.45) is 0 Å². The Labute approximate surface area is 197 Å². The summed E-state index contributed by atoms with van der Waals surface area (Å²) in [6, 6.07) is 16.1. The maximum absolute atomic E-state index is 12.8. The maximum Gasteiger partial charge on any atom is 0.359 e. The molecule has 9 nitrogen and oxygen atoms in total. The second-order valence-corrected chi connectivity index (χ2v) is 7.60. The normalized spacial score (nSPS) is 11.9. The Morgan fingerprint density at radius 3 is 2.65 bits per heavy atom. The highest BCUT2D eigenvalue weighted by Gasteiger charge is 2.28. The third kappa shape index (κ3) is 4.99. The third-order valence-electron chi connectivity index (χ3n) is 5.21. The molecule has 1 unspecified atom stereocenters. The molecule has 2 aromatic heterocycles. The van der Waals surface area contributed by atoms with E-state index in [0.29, 0.717) is 35.9 Å². The van der Waals surface area contributed by atoms with E-state index in [1.165, 1.54) is 4.68 Å². The van der Waals surface area contributed by atoms with Crippen LogP contribution in [-0.2, 0) is 11.2 Å². The van der Waals surface area contributed by atoms with Crippen LogP contribution in [0.15, 0.2) is 59.0 Å². The molecule has 0 radical (unpaired) electrons.